The van der Waals surface area contributed by atoms with Crippen LogP contribution in [-0.4, -0.2) is 45.5 Å². The van der Waals surface area contributed by atoms with Crippen LogP contribution >= 0.6 is 11.8 Å². The van der Waals surface area contributed by atoms with Crippen molar-refractivity contribution in [1.29, 1.82) is 0 Å². The van der Waals surface area contributed by atoms with E-state index in [0.717, 1.165) is 4.90 Å². The van der Waals surface area contributed by atoms with Crippen LogP contribution in [0.1, 0.15) is 19.8 Å². The maximum absolute atomic E-state index is 12.8. The standard InChI is InChI=1S/C21H24N2O6S2/c1-13-10-21(25)23-17-12-15(5-7-19(17)30-13)31(26,27)9-8-20(24)22-16-6-4-14(28-2)11-18(16)29-3/h4-7,11-13H,8-10H2,1-3H3,(H,22,24)(H,23,25)/t13-/m0/s1. The van der Waals surface area contributed by atoms with E-state index >= 15 is 0 Å². The van der Waals surface area contributed by atoms with Crippen LogP contribution in [0.15, 0.2) is 46.2 Å². The molecule has 1 aliphatic heterocycles. The summed E-state index contributed by atoms with van der Waals surface area (Å²) in [5.74, 6) is -0.00205. The van der Waals surface area contributed by atoms with Gasteiger partial charge in [0.15, 0.2) is 9.84 Å². The SMILES string of the molecule is COc1ccc(NC(=O)CCS(=O)(=O)c2ccc3c(c2)NC(=O)C[C@H](C)S3)c(OC)c1. The van der Waals surface area contributed by atoms with E-state index in [1.165, 1.54) is 38.1 Å². The first-order valence-corrected chi connectivity index (χ1v) is 12.1. The molecule has 2 N–H and O–H groups in total. The zero-order valence-corrected chi connectivity index (χ0v) is 19.1. The maximum Gasteiger partial charge on any atom is 0.225 e. The molecule has 2 aromatic carbocycles. The van der Waals surface area contributed by atoms with E-state index in [9.17, 15) is 18.0 Å². The topological polar surface area (TPSA) is 111 Å². The molecular formula is C21H24N2O6S2. The first-order chi connectivity index (χ1) is 14.7. The molecule has 166 valence electrons. The largest absolute Gasteiger partial charge is 0.497 e. The van der Waals surface area contributed by atoms with Gasteiger partial charge in [0.2, 0.25) is 11.8 Å². The van der Waals surface area contributed by atoms with Gasteiger partial charge in [0.25, 0.3) is 0 Å². The fourth-order valence-corrected chi connectivity index (χ4v) is 5.40. The molecule has 1 heterocycles. The lowest BCUT2D eigenvalue weighted by Crippen LogP contribution is -2.18. The third kappa shape index (κ3) is 5.71. The number of carbonyl (C=O) groups excluding carboxylic acids is 2. The number of hydrogen-bond donors (Lipinski definition) is 2. The summed E-state index contributed by atoms with van der Waals surface area (Å²) in [5.41, 5.74) is 0.900. The van der Waals surface area contributed by atoms with Crippen molar-refractivity contribution in [1.82, 2.24) is 0 Å². The number of anilines is 2. The van der Waals surface area contributed by atoms with E-state index in [-0.39, 0.29) is 28.2 Å². The van der Waals surface area contributed by atoms with Crippen LogP contribution in [0.25, 0.3) is 0 Å². The molecule has 1 aliphatic rings. The van der Waals surface area contributed by atoms with Gasteiger partial charge in [0, 0.05) is 29.1 Å². The van der Waals surface area contributed by atoms with Crippen LogP contribution in [0, 0.1) is 0 Å². The minimum Gasteiger partial charge on any atom is -0.497 e. The van der Waals surface area contributed by atoms with Gasteiger partial charge in [0.05, 0.1) is 36.2 Å². The quantitative estimate of drug-likeness (QED) is 0.647. The lowest BCUT2D eigenvalue weighted by molar-refractivity contribution is -0.116. The Balaban J connectivity index is 1.69. The molecule has 0 fully saturated rings. The van der Waals surface area contributed by atoms with Crippen molar-refractivity contribution in [2.45, 2.75) is 34.8 Å². The summed E-state index contributed by atoms with van der Waals surface area (Å²) >= 11 is 1.52. The molecule has 3 rings (SSSR count). The zero-order chi connectivity index (χ0) is 22.6. The summed E-state index contributed by atoms with van der Waals surface area (Å²) in [7, 11) is -0.741. The van der Waals surface area contributed by atoms with E-state index in [2.05, 4.69) is 10.6 Å². The van der Waals surface area contributed by atoms with E-state index in [4.69, 9.17) is 9.47 Å². The van der Waals surface area contributed by atoms with Gasteiger partial charge in [-0.1, -0.05) is 6.92 Å². The predicted molar refractivity (Wildman–Crippen MR) is 120 cm³/mol. The fraction of sp³-hybridized carbons (Fsp3) is 0.333. The smallest absolute Gasteiger partial charge is 0.225 e. The van der Waals surface area contributed by atoms with Crippen molar-refractivity contribution in [3.8, 4) is 11.5 Å². The Morgan fingerprint density at radius 1 is 1.19 bits per heavy atom. The molecule has 0 unspecified atom stereocenters. The Morgan fingerprint density at radius 3 is 2.68 bits per heavy atom. The second-order valence-corrected chi connectivity index (χ2v) is 10.6. The molecular weight excluding hydrogens is 440 g/mol. The summed E-state index contributed by atoms with van der Waals surface area (Å²) < 4.78 is 35.9. The summed E-state index contributed by atoms with van der Waals surface area (Å²) in [6.07, 6.45) is 0.128. The Kier molecular flexibility index (Phi) is 7.11. The molecule has 2 aromatic rings. The number of amides is 2. The van der Waals surface area contributed by atoms with E-state index < -0.39 is 15.7 Å². The molecule has 1 atom stereocenters. The van der Waals surface area contributed by atoms with E-state index in [0.29, 0.717) is 29.3 Å². The van der Waals surface area contributed by atoms with Crippen molar-refractivity contribution in [3.05, 3.63) is 36.4 Å². The Bertz CT molecular complexity index is 1100. The van der Waals surface area contributed by atoms with Crippen LogP contribution in [0.2, 0.25) is 0 Å². The third-order valence-electron chi connectivity index (χ3n) is 4.67. The number of methoxy groups -OCH3 is 2. The number of sulfone groups is 1. The van der Waals surface area contributed by atoms with Gasteiger partial charge in [-0.05, 0) is 30.3 Å². The van der Waals surface area contributed by atoms with Gasteiger partial charge in [-0.2, -0.15) is 0 Å². The minimum atomic E-state index is -3.72. The van der Waals surface area contributed by atoms with Crippen molar-refractivity contribution in [3.63, 3.8) is 0 Å². The molecule has 0 aromatic heterocycles. The molecule has 0 aliphatic carbocycles. The Hall–Kier alpha value is -2.72. The average molecular weight is 465 g/mol. The lowest BCUT2D eigenvalue weighted by Gasteiger charge is -2.12. The maximum atomic E-state index is 12.8. The number of hydrogen-bond acceptors (Lipinski definition) is 7. The number of fused-ring (bicyclic) bond motifs is 1. The molecule has 31 heavy (non-hydrogen) atoms. The van der Waals surface area contributed by atoms with Gasteiger partial charge in [0.1, 0.15) is 11.5 Å². The first kappa shape index (κ1) is 23.0. The summed E-state index contributed by atoms with van der Waals surface area (Å²) in [6, 6.07) is 9.57. The fourth-order valence-electron chi connectivity index (χ4n) is 3.08. The third-order valence-corrected chi connectivity index (χ3v) is 7.56. The highest BCUT2D eigenvalue weighted by atomic mass is 32.2. The van der Waals surface area contributed by atoms with Crippen LogP contribution in [0.3, 0.4) is 0 Å². The number of nitrogens with one attached hydrogen (secondary N) is 2. The van der Waals surface area contributed by atoms with Crippen molar-refractivity contribution in [2.24, 2.45) is 0 Å². The second-order valence-electron chi connectivity index (χ2n) is 7.02. The first-order valence-electron chi connectivity index (χ1n) is 9.57. The van der Waals surface area contributed by atoms with Gasteiger partial charge in [-0.15, -0.1) is 11.8 Å². The summed E-state index contributed by atoms with van der Waals surface area (Å²) in [5, 5.41) is 5.52. The second kappa shape index (κ2) is 9.61. The van der Waals surface area contributed by atoms with Crippen LogP contribution in [0.4, 0.5) is 11.4 Å². The number of rotatable bonds is 7. The molecule has 0 saturated carbocycles. The van der Waals surface area contributed by atoms with Crippen LogP contribution in [0.5, 0.6) is 11.5 Å². The van der Waals surface area contributed by atoms with Gasteiger partial charge in [-0.3, -0.25) is 9.59 Å². The predicted octanol–water partition coefficient (Wildman–Crippen LogP) is 3.33. The van der Waals surface area contributed by atoms with Crippen molar-refractivity contribution in [2.75, 3.05) is 30.6 Å². The number of ether oxygens (including phenoxy) is 2. The minimum absolute atomic E-state index is 0.0662. The number of carbonyl (C=O) groups is 2. The molecule has 0 bridgehead atoms. The lowest BCUT2D eigenvalue weighted by atomic mass is 10.2. The average Bonchev–Trinajstić information content (AvgIpc) is 2.88. The van der Waals surface area contributed by atoms with Gasteiger partial charge in [-0.25, -0.2) is 8.42 Å². The molecule has 8 nitrogen and oxygen atoms in total. The molecule has 0 spiro atoms. The van der Waals surface area contributed by atoms with Crippen LogP contribution in [-0.2, 0) is 19.4 Å². The molecule has 0 saturated heterocycles. The Morgan fingerprint density at radius 2 is 1.97 bits per heavy atom. The zero-order valence-electron chi connectivity index (χ0n) is 17.4. The highest BCUT2D eigenvalue weighted by molar-refractivity contribution is 8.00. The monoisotopic (exact) mass is 464 g/mol. The number of thioether (sulfide) groups is 1. The van der Waals surface area contributed by atoms with E-state index in [1.54, 1.807) is 24.3 Å². The molecule has 2 amide bonds. The van der Waals surface area contributed by atoms with Crippen molar-refractivity contribution < 1.29 is 27.5 Å². The van der Waals surface area contributed by atoms with Crippen molar-refractivity contribution >= 4 is 44.8 Å². The Labute approximate surface area is 185 Å². The summed E-state index contributed by atoms with van der Waals surface area (Å²) in [4.78, 5) is 25.2. The van der Waals surface area contributed by atoms with E-state index in [1.807, 2.05) is 6.92 Å². The normalized spacial score (nSPS) is 16.0. The van der Waals surface area contributed by atoms with Gasteiger partial charge >= 0.3 is 0 Å². The molecule has 0 radical (unpaired) electrons. The number of benzene rings is 2. The summed E-state index contributed by atoms with van der Waals surface area (Å²) in [6.45, 7) is 1.94. The van der Waals surface area contributed by atoms with Gasteiger partial charge < -0.3 is 20.1 Å². The highest BCUT2D eigenvalue weighted by Gasteiger charge is 2.23. The molecule has 10 heteroatoms. The van der Waals surface area contributed by atoms with Crippen LogP contribution < -0.4 is 20.1 Å². The highest BCUT2D eigenvalue weighted by Crippen LogP contribution is 2.36.